The first-order valence-electron chi connectivity index (χ1n) is 12.4. The number of aliphatic hydroxyl groups is 1. The van der Waals surface area contributed by atoms with Gasteiger partial charge in [0.05, 0.1) is 18.3 Å². The number of nitrogens with zero attached hydrogens (tertiary/aromatic N) is 3. The highest BCUT2D eigenvalue weighted by molar-refractivity contribution is 5.94. The number of aliphatic hydroxyl groups excluding tert-OH is 1. The van der Waals surface area contributed by atoms with E-state index >= 15 is 0 Å². The number of nitrogens with two attached hydrogens (primary N) is 1. The Balaban J connectivity index is 1.83. The highest BCUT2D eigenvalue weighted by Gasteiger charge is 2.33. The summed E-state index contributed by atoms with van der Waals surface area (Å²) in [6.07, 6.45) is 2.06. The SMILES string of the molecule is CC(C)C(c1nc(-c2ccccc2)cn1Cc1ccccc1)N(CC(N)CO)C(=O)c1ccccc1. The van der Waals surface area contributed by atoms with Gasteiger partial charge in [0.1, 0.15) is 5.82 Å². The lowest BCUT2D eigenvalue weighted by atomic mass is 9.99. The summed E-state index contributed by atoms with van der Waals surface area (Å²) in [7, 11) is 0. The molecule has 6 nitrogen and oxygen atoms in total. The van der Waals surface area contributed by atoms with Crippen molar-refractivity contribution in [2.45, 2.75) is 32.5 Å². The van der Waals surface area contributed by atoms with Crippen molar-refractivity contribution >= 4 is 5.91 Å². The Morgan fingerprint density at radius 2 is 1.53 bits per heavy atom. The summed E-state index contributed by atoms with van der Waals surface area (Å²) in [5, 5.41) is 9.75. The molecule has 1 aromatic heterocycles. The van der Waals surface area contributed by atoms with Crippen LogP contribution in [0.25, 0.3) is 11.3 Å². The van der Waals surface area contributed by atoms with Crippen molar-refractivity contribution in [2.24, 2.45) is 11.7 Å². The molecule has 3 aromatic carbocycles. The fraction of sp³-hybridized carbons (Fsp3) is 0.267. The average molecular weight is 483 g/mol. The van der Waals surface area contributed by atoms with Crippen LogP contribution in [0.3, 0.4) is 0 Å². The maximum absolute atomic E-state index is 13.8. The van der Waals surface area contributed by atoms with Gasteiger partial charge in [0.2, 0.25) is 0 Å². The maximum atomic E-state index is 13.8. The van der Waals surface area contributed by atoms with E-state index in [-0.39, 0.29) is 31.0 Å². The van der Waals surface area contributed by atoms with Gasteiger partial charge < -0.3 is 20.3 Å². The van der Waals surface area contributed by atoms with Crippen molar-refractivity contribution < 1.29 is 9.90 Å². The van der Waals surface area contributed by atoms with Gasteiger partial charge in [-0.2, -0.15) is 0 Å². The fourth-order valence-electron chi connectivity index (χ4n) is 4.50. The zero-order valence-corrected chi connectivity index (χ0v) is 20.9. The molecule has 2 atom stereocenters. The highest BCUT2D eigenvalue weighted by Crippen LogP contribution is 2.32. The second-order valence-electron chi connectivity index (χ2n) is 9.42. The number of benzene rings is 3. The number of rotatable bonds is 10. The van der Waals surface area contributed by atoms with Crippen LogP contribution in [0.1, 0.15) is 41.6 Å². The summed E-state index contributed by atoms with van der Waals surface area (Å²) < 4.78 is 2.14. The van der Waals surface area contributed by atoms with Crippen LogP contribution in [-0.4, -0.2) is 44.7 Å². The molecule has 4 aromatic rings. The van der Waals surface area contributed by atoms with Crippen LogP contribution in [0.2, 0.25) is 0 Å². The van der Waals surface area contributed by atoms with Gasteiger partial charge in [-0.05, 0) is 23.6 Å². The monoisotopic (exact) mass is 482 g/mol. The van der Waals surface area contributed by atoms with E-state index in [9.17, 15) is 9.90 Å². The van der Waals surface area contributed by atoms with E-state index in [1.54, 1.807) is 4.90 Å². The molecule has 1 heterocycles. The van der Waals surface area contributed by atoms with Crippen LogP contribution in [0.5, 0.6) is 0 Å². The van der Waals surface area contributed by atoms with Gasteiger partial charge in [-0.15, -0.1) is 0 Å². The zero-order chi connectivity index (χ0) is 25.5. The van der Waals surface area contributed by atoms with E-state index in [0.717, 1.165) is 22.6 Å². The Morgan fingerprint density at radius 3 is 2.11 bits per heavy atom. The first-order valence-corrected chi connectivity index (χ1v) is 12.4. The van der Waals surface area contributed by atoms with Crippen molar-refractivity contribution in [3.05, 3.63) is 114 Å². The summed E-state index contributed by atoms with van der Waals surface area (Å²) >= 11 is 0. The predicted molar refractivity (Wildman–Crippen MR) is 143 cm³/mol. The van der Waals surface area contributed by atoms with Gasteiger partial charge in [-0.25, -0.2) is 4.98 Å². The van der Waals surface area contributed by atoms with E-state index in [0.29, 0.717) is 12.1 Å². The molecule has 0 aliphatic rings. The van der Waals surface area contributed by atoms with Crippen LogP contribution in [-0.2, 0) is 6.54 Å². The van der Waals surface area contributed by atoms with Gasteiger partial charge in [0.25, 0.3) is 5.91 Å². The Kier molecular flexibility index (Phi) is 8.31. The first kappa shape index (κ1) is 25.4. The molecule has 3 N–H and O–H groups in total. The van der Waals surface area contributed by atoms with Gasteiger partial charge >= 0.3 is 0 Å². The number of carbonyl (C=O) groups excluding carboxylic acids is 1. The minimum atomic E-state index is -0.565. The molecular formula is C30H34N4O2. The van der Waals surface area contributed by atoms with Crippen molar-refractivity contribution in [3.63, 3.8) is 0 Å². The van der Waals surface area contributed by atoms with Crippen LogP contribution in [0.15, 0.2) is 97.2 Å². The van der Waals surface area contributed by atoms with Crippen molar-refractivity contribution in [2.75, 3.05) is 13.2 Å². The van der Waals surface area contributed by atoms with E-state index in [1.807, 2.05) is 78.9 Å². The van der Waals surface area contributed by atoms with Crippen molar-refractivity contribution in [3.8, 4) is 11.3 Å². The summed E-state index contributed by atoms with van der Waals surface area (Å²) in [5.41, 5.74) is 9.79. The Bertz CT molecular complexity index is 1240. The van der Waals surface area contributed by atoms with Gasteiger partial charge in [0, 0.05) is 36.5 Å². The van der Waals surface area contributed by atoms with Crippen molar-refractivity contribution in [1.82, 2.24) is 14.5 Å². The molecule has 0 aliphatic carbocycles. The number of hydrogen-bond acceptors (Lipinski definition) is 4. The van der Waals surface area contributed by atoms with Gasteiger partial charge in [0.15, 0.2) is 0 Å². The minimum Gasteiger partial charge on any atom is -0.395 e. The lowest BCUT2D eigenvalue weighted by molar-refractivity contribution is 0.0569. The van der Waals surface area contributed by atoms with Crippen molar-refractivity contribution in [1.29, 1.82) is 0 Å². The minimum absolute atomic E-state index is 0.0455. The Morgan fingerprint density at radius 1 is 0.944 bits per heavy atom. The molecule has 1 amide bonds. The van der Waals surface area contributed by atoms with Crippen LogP contribution >= 0.6 is 0 Å². The molecule has 0 saturated heterocycles. The fourth-order valence-corrected chi connectivity index (χ4v) is 4.50. The molecule has 0 fully saturated rings. The molecule has 0 bridgehead atoms. The van der Waals surface area contributed by atoms with Crippen LogP contribution in [0, 0.1) is 5.92 Å². The standard InChI is InChI=1S/C30H34N4O2/c1-22(2)28(34(19-26(31)21-35)30(36)25-16-10-5-11-17-25)29-32-27(24-14-8-4-9-15-24)20-33(29)18-23-12-6-3-7-13-23/h3-17,20,22,26,28,35H,18-19,21,31H2,1-2H3. The second-order valence-corrected chi connectivity index (χ2v) is 9.42. The molecule has 2 unspecified atom stereocenters. The molecule has 0 saturated carbocycles. The summed E-state index contributed by atoms with van der Waals surface area (Å²) in [6.45, 7) is 4.80. The number of hydrogen-bond donors (Lipinski definition) is 2. The second kappa shape index (κ2) is 11.8. The summed E-state index contributed by atoms with van der Waals surface area (Å²) in [6, 6.07) is 28.6. The lowest BCUT2D eigenvalue weighted by Crippen LogP contribution is -2.46. The Hall–Kier alpha value is -3.74. The van der Waals surface area contributed by atoms with E-state index in [2.05, 4.69) is 36.7 Å². The maximum Gasteiger partial charge on any atom is 0.254 e. The summed E-state index contributed by atoms with van der Waals surface area (Å²) in [5.74, 6) is 0.708. The van der Waals surface area contributed by atoms with Crippen LogP contribution in [0.4, 0.5) is 0 Å². The largest absolute Gasteiger partial charge is 0.395 e. The molecule has 186 valence electrons. The number of amides is 1. The third-order valence-electron chi connectivity index (χ3n) is 6.25. The van der Waals surface area contributed by atoms with Gasteiger partial charge in [-0.1, -0.05) is 92.7 Å². The number of imidazole rings is 1. The predicted octanol–water partition coefficient (Wildman–Crippen LogP) is 4.76. The van der Waals surface area contributed by atoms with E-state index in [1.165, 1.54) is 0 Å². The Labute approximate surface area is 213 Å². The number of carbonyl (C=O) groups is 1. The molecule has 36 heavy (non-hydrogen) atoms. The first-order chi connectivity index (χ1) is 17.5. The van der Waals surface area contributed by atoms with Crippen LogP contribution < -0.4 is 5.73 Å². The lowest BCUT2D eigenvalue weighted by Gasteiger charge is -2.36. The molecular weight excluding hydrogens is 448 g/mol. The highest BCUT2D eigenvalue weighted by atomic mass is 16.3. The van der Waals surface area contributed by atoms with Gasteiger partial charge in [-0.3, -0.25) is 4.79 Å². The zero-order valence-electron chi connectivity index (χ0n) is 20.9. The molecule has 4 rings (SSSR count). The topological polar surface area (TPSA) is 84.4 Å². The third-order valence-corrected chi connectivity index (χ3v) is 6.25. The van der Waals surface area contributed by atoms with E-state index in [4.69, 9.17) is 10.7 Å². The quantitative estimate of drug-likeness (QED) is 0.341. The summed E-state index contributed by atoms with van der Waals surface area (Å²) in [4.78, 5) is 20.7. The molecule has 0 radical (unpaired) electrons. The number of aromatic nitrogens is 2. The average Bonchev–Trinajstić information content (AvgIpc) is 3.32. The normalized spacial score (nSPS) is 12.9. The molecule has 6 heteroatoms. The third kappa shape index (κ3) is 5.90. The van der Waals surface area contributed by atoms with E-state index < -0.39 is 6.04 Å². The molecule has 0 spiro atoms. The molecule has 0 aliphatic heterocycles. The smallest absolute Gasteiger partial charge is 0.254 e.